The van der Waals surface area contributed by atoms with E-state index in [1.54, 1.807) is 13.8 Å². The van der Waals surface area contributed by atoms with Gasteiger partial charge in [-0.15, -0.1) is 5.10 Å². The van der Waals surface area contributed by atoms with Crippen molar-refractivity contribution in [3.63, 3.8) is 0 Å². The van der Waals surface area contributed by atoms with Crippen LogP contribution in [0.25, 0.3) is 16.7 Å². The van der Waals surface area contributed by atoms with Gasteiger partial charge < -0.3 is 5.73 Å². The lowest BCUT2D eigenvalue weighted by molar-refractivity contribution is -0.140. The van der Waals surface area contributed by atoms with Crippen LogP contribution in [-0.4, -0.2) is 24.7 Å². The van der Waals surface area contributed by atoms with Gasteiger partial charge in [-0.25, -0.2) is 28.4 Å². The molecule has 0 fully saturated rings. The molecule has 0 saturated carbocycles. The first-order valence-electron chi connectivity index (χ1n) is 7.73. The van der Waals surface area contributed by atoms with Crippen molar-refractivity contribution in [2.45, 2.75) is 40.3 Å². The largest absolute Gasteiger partial charge is 0.434 e. The van der Waals surface area contributed by atoms with Gasteiger partial charge in [0.25, 0.3) is 6.43 Å². The number of nitrogens with zero attached hydrogens (tertiary/aromatic N) is 5. The molecule has 0 aliphatic heterocycles. The molecule has 0 amide bonds. The summed E-state index contributed by atoms with van der Waals surface area (Å²) in [7, 11) is 0. The SMILES string of the molecule is C.CCc1c(Cl)nc(Cl)c(C)c1-n1nc2nc(C(F)F)nc(C(F)(F)F)c2c1N. The summed E-state index contributed by atoms with van der Waals surface area (Å²) >= 11 is 12.1. The fraction of sp³-hybridized carbons (Fsp3) is 0.375. The third kappa shape index (κ3) is 3.80. The predicted octanol–water partition coefficient (Wildman–Crippen LogP) is 5.56. The summed E-state index contributed by atoms with van der Waals surface area (Å²) < 4.78 is 67.2. The number of halogens is 7. The van der Waals surface area contributed by atoms with Crippen molar-refractivity contribution in [3.8, 4) is 5.69 Å². The molecule has 3 rings (SSSR count). The van der Waals surface area contributed by atoms with Gasteiger partial charge in [0.1, 0.15) is 16.1 Å². The quantitative estimate of drug-likeness (QED) is 0.411. The van der Waals surface area contributed by atoms with Gasteiger partial charge in [0.15, 0.2) is 17.2 Å². The second-order valence-electron chi connectivity index (χ2n) is 5.72. The molecule has 0 bridgehead atoms. The van der Waals surface area contributed by atoms with Crippen molar-refractivity contribution in [3.05, 3.63) is 33.0 Å². The van der Waals surface area contributed by atoms with Crippen molar-refractivity contribution >= 4 is 40.1 Å². The number of pyridine rings is 1. The van der Waals surface area contributed by atoms with Gasteiger partial charge in [0, 0.05) is 11.1 Å². The number of nitrogen functional groups attached to an aromatic ring is 1. The molecule has 0 unspecified atom stereocenters. The van der Waals surface area contributed by atoms with Crippen LogP contribution in [-0.2, 0) is 12.6 Å². The van der Waals surface area contributed by atoms with Crippen LogP contribution in [0, 0.1) is 6.92 Å². The Labute approximate surface area is 171 Å². The highest BCUT2D eigenvalue weighted by Crippen LogP contribution is 2.39. The lowest BCUT2D eigenvalue weighted by atomic mass is 10.1. The average molecular weight is 457 g/mol. The van der Waals surface area contributed by atoms with Crippen LogP contribution in [0.1, 0.15) is 43.4 Å². The Morgan fingerprint density at radius 3 is 2.24 bits per heavy atom. The standard InChI is InChI=1S/C15H11Cl2F5N6.CH4/c1-3-5-7(4(2)9(16)25-10(5)17)28-12(23)6-8(15(20,21)22)24-14(11(18)19)26-13(6)27-28;/h11H,3,23H2,1-2H3;1H4. The van der Waals surface area contributed by atoms with Crippen LogP contribution in [0.5, 0.6) is 0 Å². The number of hydrogen-bond donors (Lipinski definition) is 1. The maximum atomic E-state index is 13.4. The molecule has 3 aromatic rings. The zero-order valence-electron chi connectivity index (χ0n) is 14.2. The molecular weight excluding hydrogens is 442 g/mol. The van der Waals surface area contributed by atoms with E-state index in [2.05, 4.69) is 20.1 Å². The molecule has 3 aromatic heterocycles. The Balaban J connectivity index is 0.00000300. The van der Waals surface area contributed by atoms with Crippen LogP contribution in [0.3, 0.4) is 0 Å². The highest BCUT2D eigenvalue weighted by atomic mass is 35.5. The van der Waals surface area contributed by atoms with Crippen molar-refractivity contribution in [1.29, 1.82) is 0 Å². The van der Waals surface area contributed by atoms with Gasteiger partial charge >= 0.3 is 6.18 Å². The van der Waals surface area contributed by atoms with E-state index >= 15 is 0 Å². The summed E-state index contributed by atoms with van der Waals surface area (Å²) in [6, 6.07) is 0. The van der Waals surface area contributed by atoms with Gasteiger partial charge in [-0.05, 0) is 13.3 Å². The lowest BCUT2D eigenvalue weighted by Crippen LogP contribution is -2.13. The summed E-state index contributed by atoms with van der Waals surface area (Å²) in [6.45, 7) is 3.28. The van der Waals surface area contributed by atoms with E-state index in [0.29, 0.717) is 17.5 Å². The zero-order valence-corrected chi connectivity index (χ0v) is 15.8. The normalized spacial score (nSPS) is 11.9. The first-order chi connectivity index (χ1) is 13.0. The number of nitrogens with two attached hydrogens (primary N) is 1. The van der Waals surface area contributed by atoms with E-state index < -0.39 is 41.0 Å². The summed E-state index contributed by atoms with van der Waals surface area (Å²) in [5.74, 6) is -1.79. The van der Waals surface area contributed by atoms with E-state index in [0.717, 1.165) is 4.68 Å². The van der Waals surface area contributed by atoms with Crippen LogP contribution in [0.2, 0.25) is 10.3 Å². The molecule has 158 valence electrons. The minimum atomic E-state index is -5.05. The molecule has 0 saturated heterocycles. The number of aromatic nitrogens is 5. The van der Waals surface area contributed by atoms with Gasteiger partial charge in [0.2, 0.25) is 0 Å². The van der Waals surface area contributed by atoms with E-state index in [-0.39, 0.29) is 23.4 Å². The molecule has 0 atom stereocenters. The first kappa shape index (κ1) is 23.0. The molecule has 0 radical (unpaired) electrons. The smallest absolute Gasteiger partial charge is 0.383 e. The predicted molar refractivity (Wildman–Crippen MR) is 99.7 cm³/mol. The number of anilines is 1. The van der Waals surface area contributed by atoms with E-state index in [9.17, 15) is 22.0 Å². The van der Waals surface area contributed by atoms with Crippen molar-refractivity contribution < 1.29 is 22.0 Å². The topological polar surface area (TPSA) is 82.5 Å². The maximum Gasteiger partial charge on any atom is 0.434 e. The lowest BCUT2D eigenvalue weighted by Gasteiger charge is -2.15. The second-order valence-corrected chi connectivity index (χ2v) is 6.44. The Hall–Kier alpha value is -2.27. The van der Waals surface area contributed by atoms with Crippen LogP contribution in [0.4, 0.5) is 27.8 Å². The highest BCUT2D eigenvalue weighted by molar-refractivity contribution is 6.33. The Kier molecular flexibility index (Phi) is 6.24. The number of alkyl halides is 5. The molecule has 0 aromatic carbocycles. The summed E-state index contributed by atoms with van der Waals surface area (Å²) in [5.41, 5.74) is 4.65. The molecule has 0 aliphatic rings. The Bertz CT molecular complexity index is 1080. The van der Waals surface area contributed by atoms with E-state index in [4.69, 9.17) is 28.9 Å². The summed E-state index contributed by atoms with van der Waals surface area (Å²) in [6.07, 6.45) is -8.05. The average Bonchev–Trinajstić information content (AvgIpc) is 2.92. The number of fused-ring (bicyclic) bond motifs is 1. The fourth-order valence-electron chi connectivity index (χ4n) is 2.76. The third-order valence-corrected chi connectivity index (χ3v) is 4.69. The van der Waals surface area contributed by atoms with E-state index in [1.165, 1.54) is 0 Å². The Morgan fingerprint density at radius 1 is 1.10 bits per heavy atom. The fourth-order valence-corrected chi connectivity index (χ4v) is 3.29. The summed E-state index contributed by atoms with van der Waals surface area (Å²) in [5, 5.41) is 3.23. The second kappa shape index (κ2) is 7.86. The minimum absolute atomic E-state index is 0. The highest BCUT2D eigenvalue weighted by Gasteiger charge is 2.39. The maximum absolute atomic E-state index is 13.4. The van der Waals surface area contributed by atoms with Crippen LogP contribution < -0.4 is 5.73 Å². The molecule has 29 heavy (non-hydrogen) atoms. The molecule has 0 aliphatic carbocycles. The van der Waals surface area contributed by atoms with Gasteiger partial charge in [-0.3, -0.25) is 0 Å². The first-order valence-corrected chi connectivity index (χ1v) is 8.49. The molecule has 13 heteroatoms. The van der Waals surface area contributed by atoms with Crippen LogP contribution >= 0.6 is 23.2 Å². The summed E-state index contributed by atoms with van der Waals surface area (Å²) in [4.78, 5) is 10.3. The monoisotopic (exact) mass is 456 g/mol. The Morgan fingerprint density at radius 2 is 1.72 bits per heavy atom. The van der Waals surface area contributed by atoms with Crippen molar-refractivity contribution in [2.75, 3.05) is 5.73 Å². The van der Waals surface area contributed by atoms with Gasteiger partial charge in [0.05, 0.1) is 11.1 Å². The molecule has 2 N–H and O–H groups in total. The van der Waals surface area contributed by atoms with Gasteiger partial charge in [-0.1, -0.05) is 37.6 Å². The molecule has 3 heterocycles. The van der Waals surface area contributed by atoms with E-state index in [1.807, 2.05) is 0 Å². The third-order valence-electron chi connectivity index (χ3n) is 4.01. The zero-order chi connectivity index (χ0) is 21.0. The molecule has 0 spiro atoms. The molecular formula is C16H15Cl2F5N6. The molecule has 6 nitrogen and oxygen atoms in total. The van der Waals surface area contributed by atoms with Crippen LogP contribution in [0.15, 0.2) is 0 Å². The number of rotatable bonds is 3. The van der Waals surface area contributed by atoms with Crippen molar-refractivity contribution in [1.82, 2.24) is 24.7 Å². The van der Waals surface area contributed by atoms with Gasteiger partial charge in [-0.2, -0.15) is 13.2 Å². The number of hydrogen-bond acceptors (Lipinski definition) is 5. The minimum Gasteiger partial charge on any atom is -0.383 e. The van der Waals surface area contributed by atoms with Crippen molar-refractivity contribution in [2.24, 2.45) is 0 Å².